The van der Waals surface area contributed by atoms with E-state index in [1.165, 1.54) is 0 Å². The molecule has 0 bridgehead atoms. The smallest absolute Gasteiger partial charge is 0.187 e. The average molecular weight is 457 g/mol. The van der Waals surface area contributed by atoms with E-state index in [4.69, 9.17) is 23.7 Å². The van der Waals surface area contributed by atoms with Crippen molar-refractivity contribution in [3.8, 4) is 0 Å². The van der Waals surface area contributed by atoms with E-state index in [1.807, 2.05) is 13.0 Å². The van der Waals surface area contributed by atoms with Gasteiger partial charge in [0.05, 0.1) is 18.3 Å². The molecule has 0 aromatic carbocycles. The molecular weight excluding hydrogens is 408 g/mol. The quantitative estimate of drug-likeness (QED) is 0.276. The van der Waals surface area contributed by atoms with Crippen molar-refractivity contribution < 1.29 is 28.8 Å². The Hall–Kier alpha value is -0.500. The summed E-state index contributed by atoms with van der Waals surface area (Å²) in [6, 6.07) is 0. The fourth-order valence-corrected chi connectivity index (χ4v) is 4.54. The highest BCUT2D eigenvalue weighted by Crippen LogP contribution is 2.34. The van der Waals surface area contributed by atoms with Gasteiger partial charge in [-0.3, -0.25) is 0 Å². The average Bonchev–Trinajstić information content (AvgIpc) is 2.78. The van der Waals surface area contributed by atoms with Crippen LogP contribution in [0.4, 0.5) is 0 Å². The molecule has 1 heterocycles. The maximum absolute atomic E-state index is 10.7. The molecule has 2 aliphatic rings. The molecule has 0 amide bonds. The van der Waals surface area contributed by atoms with Crippen LogP contribution >= 0.6 is 0 Å². The Kier molecular flexibility index (Phi) is 13.4. The van der Waals surface area contributed by atoms with Gasteiger partial charge in [0, 0.05) is 25.7 Å². The normalized spacial score (nSPS) is 35.7. The van der Waals surface area contributed by atoms with Gasteiger partial charge in [0.2, 0.25) is 0 Å². The zero-order chi connectivity index (χ0) is 23.3. The van der Waals surface area contributed by atoms with E-state index in [1.54, 1.807) is 0 Å². The first-order chi connectivity index (χ1) is 15.6. The fourth-order valence-electron chi connectivity index (χ4n) is 4.54. The molecule has 8 atom stereocenters. The van der Waals surface area contributed by atoms with E-state index in [-0.39, 0.29) is 30.3 Å². The summed E-state index contributed by atoms with van der Waals surface area (Å²) in [6.45, 7) is 14.4. The molecule has 0 aromatic heterocycles. The first kappa shape index (κ1) is 27.7. The molecule has 1 aliphatic heterocycles. The number of ether oxygens (including phenoxy) is 5. The maximum Gasteiger partial charge on any atom is 0.187 e. The van der Waals surface area contributed by atoms with Crippen LogP contribution in [0.2, 0.25) is 0 Å². The standard InChI is InChI=1S/C26H48O6/c1-6-10-16-28-22-19(5)31-26(32-23-20(9-4)14-13-15-21(23)27)25(30-18-12-8-3)24(22)29-17-11-7-2/h9,19-27H,4,6-8,10-18H2,1-3,5H3/t19?,20?,21?,22-,23?,24?,25?,26+/m1/s1. The van der Waals surface area contributed by atoms with Crippen LogP contribution in [0.25, 0.3) is 0 Å². The minimum atomic E-state index is -0.611. The lowest BCUT2D eigenvalue weighted by Crippen LogP contribution is -2.61. The van der Waals surface area contributed by atoms with Gasteiger partial charge in [0.1, 0.15) is 18.3 Å². The Bertz CT molecular complexity index is 501. The highest BCUT2D eigenvalue weighted by molar-refractivity contribution is 4.96. The van der Waals surface area contributed by atoms with Crippen molar-refractivity contribution in [2.45, 2.75) is 128 Å². The monoisotopic (exact) mass is 456 g/mol. The molecule has 1 saturated heterocycles. The van der Waals surface area contributed by atoms with E-state index >= 15 is 0 Å². The number of hydrogen-bond donors (Lipinski definition) is 1. The minimum absolute atomic E-state index is 0.104. The van der Waals surface area contributed by atoms with Crippen LogP contribution in [-0.4, -0.2) is 67.8 Å². The van der Waals surface area contributed by atoms with Crippen LogP contribution in [0.3, 0.4) is 0 Å². The minimum Gasteiger partial charge on any atom is -0.390 e. The zero-order valence-electron chi connectivity index (χ0n) is 20.9. The second kappa shape index (κ2) is 15.4. The molecule has 6 heteroatoms. The van der Waals surface area contributed by atoms with Gasteiger partial charge in [0.25, 0.3) is 0 Å². The van der Waals surface area contributed by atoms with Crippen LogP contribution in [0.15, 0.2) is 12.7 Å². The van der Waals surface area contributed by atoms with Crippen molar-refractivity contribution in [2.75, 3.05) is 19.8 Å². The number of hydrogen-bond acceptors (Lipinski definition) is 6. The molecule has 0 radical (unpaired) electrons. The number of aliphatic hydroxyl groups is 1. The Morgan fingerprint density at radius 1 is 0.844 bits per heavy atom. The predicted octanol–water partition coefficient (Wildman–Crippen LogP) is 5.02. The second-order valence-electron chi connectivity index (χ2n) is 9.27. The summed E-state index contributed by atoms with van der Waals surface area (Å²) < 4.78 is 31.8. The molecule has 0 spiro atoms. The van der Waals surface area contributed by atoms with E-state index in [0.29, 0.717) is 19.8 Å². The molecule has 1 aliphatic carbocycles. The molecule has 1 saturated carbocycles. The van der Waals surface area contributed by atoms with Crippen LogP contribution < -0.4 is 0 Å². The van der Waals surface area contributed by atoms with Crippen molar-refractivity contribution in [2.24, 2.45) is 5.92 Å². The molecule has 6 nitrogen and oxygen atoms in total. The first-order valence-corrected chi connectivity index (χ1v) is 13.0. The predicted molar refractivity (Wildman–Crippen MR) is 127 cm³/mol. The summed E-state index contributed by atoms with van der Waals surface area (Å²) >= 11 is 0. The third-order valence-corrected chi connectivity index (χ3v) is 6.58. The lowest BCUT2D eigenvalue weighted by Gasteiger charge is -2.47. The molecule has 0 aromatic rings. The van der Waals surface area contributed by atoms with Gasteiger partial charge in [0.15, 0.2) is 6.29 Å². The van der Waals surface area contributed by atoms with Gasteiger partial charge in [-0.25, -0.2) is 0 Å². The van der Waals surface area contributed by atoms with Crippen molar-refractivity contribution in [3.63, 3.8) is 0 Å². The van der Waals surface area contributed by atoms with Crippen LogP contribution in [-0.2, 0) is 23.7 Å². The number of rotatable bonds is 15. The Balaban J connectivity index is 2.22. The summed E-state index contributed by atoms with van der Waals surface area (Å²) in [7, 11) is 0. The summed E-state index contributed by atoms with van der Waals surface area (Å²) in [5.41, 5.74) is 0. The van der Waals surface area contributed by atoms with Gasteiger partial charge in [-0.05, 0) is 39.0 Å². The second-order valence-corrected chi connectivity index (χ2v) is 9.27. The Morgan fingerprint density at radius 3 is 1.97 bits per heavy atom. The fraction of sp³-hybridized carbons (Fsp3) is 0.923. The molecular formula is C26H48O6. The van der Waals surface area contributed by atoms with Crippen LogP contribution in [0, 0.1) is 5.92 Å². The molecule has 1 N–H and O–H groups in total. The van der Waals surface area contributed by atoms with Gasteiger partial charge in [-0.15, -0.1) is 6.58 Å². The molecule has 6 unspecified atom stereocenters. The van der Waals surface area contributed by atoms with Gasteiger partial charge >= 0.3 is 0 Å². The third kappa shape index (κ3) is 8.07. The van der Waals surface area contributed by atoms with Crippen molar-refractivity contribution in [3.05, 3.63) is 12.7 Å². The zero-order valence-corrected chi connectivity index (χ0v) is 20.9. The van der Waals surface area contributed by atoms with Crippen LogP contribution in [0.1, 0.15) is 85.5 Å². The Labute approximate surface area is 196 Å². The summed E-state index contributed by atoms with van der Waals surface area (Å²) in [5, 5.41) is 10.7. The summed E-state index contributed by atoms with van der Waals surface area (Å²) in [6.07, 6.45) is 8.16. The number of aliphatic hydroxyl groups excluding tert-OH is 1. The Morgan fingerprint density at radius 2 is 1.41 bits per heavy atom. The van der Waals surface area contributed by atoms with E-state index in [9.17, 15) is 5.11 Å². The van der Waals surface area contributed by atoms with Gasteiger partial charge in [-0.1, -0.05) is 52.5 Å². The lowest BCUT2D eigenvalue weighted by atomic mass is 9.84. The maximum atomic E-state index is 10.7. The van der Waals surface area contributed by atoms with Crippen molar-refractivity contribution in [1.82, 2.24) is 0 Å². The van der Waals surface area contributed by atoms with Gasteiger partial charge in [-0.2, -0.15) is 0 Å². The number of unbranched alkanes of at least 4 members (excludes halogenated alkanes) is 3. The molecule has 32 heavy (non-hydrogen) atoms. The lowest BCUT2D eigenvalue weighted by molar-refractivity contribution is -0.333. The highest BCUT2D eigenvalue weighted by atomic mass is 16.7. The summed E-state index contributed by atoms with van der Waals surface area (Å²) in [5.74, 6) is 0.104. The summed E-state index contributed by atoms with van der Waals surface area (Å²) in [4.78, 5) is 0. The third-order valence-electron chi connectivity index (χ3n) is 6.58. The first-order valence-electron chi connectivity index (χ1n) is 13.0. The molecule has 2 rings (SSSR count). The largest absolute Gasteiger partial charge is 0.390 e. The van der Waals surface area contributed by atoms with Crippen molar-refractivity contribution in [1.29, 1.82) is 0 Å². The van der Waals surface area contributed by atoms with E-state index < -0.39 is 18.5 Å². The van der Waals surface area contributed by atoms with E-state index in [0.717, 1.165) is 57.8 Å². The van der Waals surface area contributed by atoms with E-state index in [2.05, 4.69) is 27.4 Å². The topological polar surface area (TPSA) is 66.4 Å². The van der Waals surface area contributed by atoms with Crippen LogP contribution in [0.5, 0.6) is 0 Å². The van der Waals surface area contributed by atoms with Gasteiger partial charge < -0.3 is 28.8 Å². The van der Waals surface area contributed by atoms with Crippen molar-refractivity contribution >= 4 is 0 Å². The SMILES string of the molecule is C=CC1CCCC(O)C1O[C@@H]1OC(C)[C@@H](OCCCC)C(OCCCC)C1OCCCC. The molecule has 2 fully saturated rings. The molecule has 188 valence electrons. The highest BCUT2D eigenvalue weighted by Gasteiger charge is 2.49.